The Balaban J connectivity index is 2.14. The number of carbonyl (C=O) groups is 1. The van der Waals surface area contributed by atoms with E-state index in [4.69, 9.17) is 11.6 Å². The zero-order valence-corrected chi connectivity index (χ0v) is 10.9. The van der Waals surface area contributed by atoms with Crippen molar-refractivity contribution in [2.45, 2.75) is 26.2 Å². The molecule has 17 heavy (non-hydrogen) atoms. The number of urea groups is 1. The van der Waals surface area contributed by atoms with E-state index in [1.807, 2.05) is 31.2 Å². The second kappa shape index (κ2) is 7.96. The molecule has 0 aliphatic rings. The van der Waals surface area contributed by atoms with Gasteiger partial charge >= 0.3 is 6.03 Å². The molecule has 0 saturated carbocycles. The molecule has 0 bridgehead atoms. The summed E-state index contributed by atoms with van der Waals surface area (Å²) in [5.41, 5.74) is 1.20. The highest BCUT2D eigenvalue weighted by Gasteiger charge is 1.98. The van der Waals surface area contributed by atoms with Gasteiger partial charge in [-0.05, 0) is 37.0 Å². The lowest BCUT2D eigenvalue weighted by atomic mass is 10.1. The van der Waals surface area contributed by atoms with Gasteiger partial charge in [0, 0.05) is 18.1 Å². The predicted molar refractivity (Wildman–Crippen MR) is 71.5 cm³/mol. The maximum absolute atomic E-state index is 11.2. The molecule has 0 aliphatic carbocycles. The molecule has 0 saturated heterocycles. The predicted octanol–water partition coefficient (Wildman–Crippen LogP) is 2.98. The van der Waals surface area contributed by atoms with E-state index in [-0.39, 0.29) is 6.03 Å². The lowest BCUT2D eigenvalue weighted by Crippen LogP contribution is -2.36. The highest BCUT2D eigenvalue weighted by atomic mass is 35.5. The van der Waals surface area contributed by atoms with Gasteiger partial charge in [0.2, 0.25) is 0 Å². The van der Waals surface area contributed by atoms with Crippen LogP contribution in [0, 0.1) is 0 Å². The standard InChI is InChI=1S/C13H19ClN2O/c1-2-8-15-13(17)16-9-4-6-11-5-3-7-12(14)10-11/h3,5,7,10H,2,4,6,8-9H2,1H3,(H2,15,16,17). The van der Waals surface area contributed by atoms with Crippen molar-refractivity contribution in [3.63, 3.8) is 0 Å². The molecule has 1 aromatic carbocycles. The van der Waals surface area contributed by atoms with Crippen molar-refractivity contribution in [3.05, 3.63) is 34.9 Å². The fourth-order valence-corrected chi connectivity index (χ4v) is 1.70. The highest BCUT2D eigenvalue weighted by molar-refractivity contribution is 6.30. The van der Waals surface area contributed by atoms with Gasteiger partial charge in [-0.15, -0.1) is 0 Å². The number of hydrogen-bond acceptors (Lipinski definition) is 1. The van der Waals surface area contributed by atoms with E-state index in [0.717, 1.165) is 30.8 Å². The number of nitrogens with one attached hydrogen (secondary N) is 2. The van der Waals surface area contributed by atoms with E-state index in [0.29, 0.717) is 6.54 Å². The summed E-state index contributed by atoms with van der Waals surface area (Å²) in [5.74, 6) is 0. The molecular weight excluding hydrogens is 236 g/mol. The molecule has 0 atom stereocenters. The summed E-state index contributed by atoms with van der Waals surface area (Å²) in [7, 11) is 0. The zero-order valence-electron chi connectivity index (χ0n) is 10.1. The van der Waals surface area contributed by atoms with Crippen LogP contribution in [0.3, 0.4) is 0 Å². The fourth-order valence-electron chi connectivity index (χ4n) is 1.49. The molecule has 0 fully saturated rings. The second-order valence-corrected chi connectivity index (χ2v) is 4.35. The van der Waals surface area contributed by atoms with Crippen molar-refractivity contribution in [1.82, 2.24) is 10.6 Å². The van der Waals surface area contributed by atoms with Crippen LogP contribution in [0.5, 0.6) is 0 Å². The summed E-state index contributed by atoms with van der Waals surface area (Å²) >= 11 is 5.89. The summed E-state index contributed by atoms with van der Waals surface area (Å²) < 4.78 is 0. The fraction of sp³-hybridized carbons (Fsp3) is 0.462. The summed E-state index contributed by atoms with van der Waals surface area (Å²) in [6, 6.07) is 7.72. The maximum atomic E-state index is 11.2. The van der Waals surface area contributed by atoms with Gasteiger partial charge in [0.25, 0.3) is 0 Å². The van der Waals surface area contributed by atoms with Crippen molar-refractivity contribution in [1.29, 1.82) is 0 Å². The third-order valence-corrected chi connectivity index (χ3v) is 2.59. The maximum Gasteiger partial charge on any atom is 0.314 e. The van der Waals surface area contributed by atoms with Crippen LogP contribution >= 0.6 is 11.6 Å². The normalized spacial score (nSPS) is 10.0. The Kier molecular flexibility index (Phi) is 6.48. The van der Waals surface area contributed by atoms with E-state index in [9.17, 15) is 4.79 Å². The average Bonchev–Trinajstić information content (AvgIpc) is 2.32. The minimum absolute atomic E-state index is 0.0852. The monoisotopic (exact) mass is 254 g/mol. The first-order valence-corrected chi connectivity index (χ1v) is 6.36. The number of aryl methyl sites for hydroxylation is 1. The zero-order chi connectivity index (χ0) is 12.5. The summed E-state index contributed by atoms with van der Waals surface area (Å²) in [4.78, 5) is 11.2. The van der Waals surface area contributed by atoms with Crippen LogP contribution in [0.1, 0.15) is 25.3 Å². The molecular formula is C13H19ClN2O. The molecule has 94 valence electrons. The van der Waals surface area contributed by atoms with Crippen molar-refractivity contribution >= 4 is 17.6 Å². The Hall–Kier alpha value is -1.22. The molecule has 0 heterocycles. The summed E-state index contributed by atoms with van der Waals surface area (Å²) in [6.45, 7) is 3.43. The number of rotatable bonds is 6. The van der Waals surface area contributed by atoms with Crippen LogP contribution in [0.4, 0.5) is 4.79 Å². The molecule has 0 aliphatic heterocycles. The van der Waals surface area contributed by atoms with E-state index < -0.39 is 0 Å². The Bertz CT molecular complexity index is 355. The molecule has 0 unspecified atom stereocenters. The first-order chi connectivity index (χ1) is 8.22. The lowest BCUT2D eigenvalue weighted by Gasteiger charge is -2.06. The number of halogens is 1. The minimum atomic E-state index is -0.0852. The van der Waals surface area contributed by atoms with Gasteiger partial charge in [-0.25, -0.2) is 4.79 Å². The molecule has 0 aromatic heterocycles. The van der Waals surface area contributed by atoms with Crippen LogP contribution in [0.25, 0.3) is 0 Å². The van der Waals surface area contributed by atoms with Crippen LogP contribution in [0.2, 0.25) is 5.02 Å². The van der Waals surface area contributed by atoms with Gasteiger partial charge in [-0.2, -0.15) is 0 Å². The largest absolute Gasteiger partial charge is 0.338 e. The highest BCUT2D eigenvalue weighted by Crippen LogP contribution is 2.11. The Morgan fingerprint density at radius 2 is 2.06 bits per heavy atom. The van der Waals surface area contributed by atoms with Crippen LogP contribution in [0.15, 0.2) is 24.3 Å². The third kappa shape index (κ3) is 6.17. The third-order valence-electron chi connectivity index (χ3n) is 2.35. The average molecular weight is 255 g/mol. The quantitative estimate of drug-likeness (QED) is 0.753. The van der Waals surface area contributed by atoms with E-state index >= 15 is 0 Å². The van der Waals surface area contributed by atoms with E-state index in [1.54, 1.807) is 0 Å². The first-order valence-electron chi connectivity index (χ1n) is 5.98. The van der Waals surface area contributed by atoms with Gasteiger partial charge < -0.3 is 10.6 Å². The van der Waals surface area contributed by atoms with Gasteiger partial charge in [-0.3, -0.25) is 0 Å². The second-order valence-electron chi connectivity index (χ2n) is 3.92. The Morgan fingerprint density at radius 3 is 2.76 bits per heavy atom. The van der Waals surface area contributed by atoms with Gasteiger partial charge in [0.1, 0.15) is 0 Å². The molecule has 3 nitrogen and oxygen atoms in total. The number of amides is 2. The summed E-state index contributed by atoms with van der Waals surface area (Å²) in [5, 5.41) is 6.35. The van der Waals surface area contributed by atoms with Crippen LogP contribution in [-0.4, -0.2) is 19.1 Å². The minimum Gasteiger partial charge on any atom is -0.338 e. The molecule has 1 aromatic rings. The smallest absolute Gasteiger partial charge is 0.314 e. The molecule has 2 N–H and O–H groups in total. The molecule has 2 amide bonds. The van der Waals surface area contributed by atoms with Crippen molar-refractivity contribution in [2.75, 3.05) is 13.1 Å². The van der Waals surface area contributed by atoms with Crippen molar-refractivity contribution in [2.24, 2.45) is 0 Å². The SMILES string of the molecule is CCCNC(=O)NCCCc1cccc(Cl)c1. The Labute approximate surface area is 108 Å². The van der Waals surface area contributed by atoms with Gasteiger partial charge in [0.05, 0.1) is 0 Å². The van der Waals surface area contributed by atoms with Crippen molar-refractivity contribution in [3.8, 4) is 0 Å². The van der Waals surface area contributed by atoms with Crippen molar-refractivity contribution < 1.29 is 4.79 Å². The molecule has 0 radical (unpaired) electrons. The first kappa shape index (κ1) is 13.8. The number of benzene rings is 1. The van der Waals surface area contributed by atoms with Gasteiger partial charge in [-0.1, -0.05) is 30.7 Å². The number of carbonyl (C=O) groups excluding carboxylic acids is 1. The van der Waals surface area contributed by atoms with Crippen LogP contribution < -0.4 is 10.6 Å². The molecule has 4 heteroatoms. The topological polar surface area (TPSA) is 41.1 Å². The van der Waals surface area contributed by atoms with E-state index in [2.05, 4.69) is 10.6 Å². The van der Waals surface area contributed by atoms with Gasteiger partial charge in [0.15, 0.2) is 0 Å². The lowest BCUT2D eigenvalue weighted by molar-refractivity contribution is 0.241. The Morgan fingerprint density at radius 1 is 1.29 bits per heavy atom. The molecule has 1 rings (SSSR count). The number of hydrogen-bond donors (Lipinski definition) is 2. The molecule has 0 spiro atoms. The summed E-state index contributed by atoms with van der Waals surface area (Å²) in [6.07, 6.45) is 2.80. The van der Waals surface area contributed by atoms with E-state index in [1.165, 1.54) is 5.56 Å². The van der Waals surface area contributed by atoms with Crippen LogP contribution in [-0.2, 0) is 6.42 Å².